The molecule has 5 nitrogen and oxygen atoms in total. The van der Waals surface area contributed by atoms with Crippen molar-refractivity contribution in [1.29, 1.82) is 0 Å². The average Bonchev–Trinajstić information content (AvgIpc) is 2.27. The van der Waals surface area contributed by atoms with E-state index in [-0.39, 0.29) is 23.9 Å². The third kappa shape index (κ3) is 12.1. The first kappa shape index (κ1) is 24.7. The molecule has 0 rings (SSSR count). The van der Waals surface area contributed by atoms with Gasteiger partial charge in [0.2, 0.25) is 0 Å². The summed E-state index contributed by atoms with van der Waals surface area (Å²) in [7, 11) is 4.27. The van der Waals surface area contributed by atoms with Gasteiger partial charge < -0.3 is 26.7 Å². The minimum Gasteiger partial charge on any atom is -1.00 e. The predicted octanol–water partition coefficient (Wildman–Crippen LogP) is -0.758. The van der Waals surface area contributed by atoms with Crippen LogP contribution in [0.15, 0.2) is 24.8 Å². The van der Waals surface area contributed by atoms with Crippen molar-refractivity contribution >= 4 is 11.9 Å². The number of hydrogen-bond acceptors (Lipinski definition) is 3. The van der Waals surface area contributed by atoms with Gasteiger partial charge in [-0.05, 0) is 27.7 Å². The van der Waals surface area contributed by atoms with Gasteiger partial charge in [-0.15, -0.1) is 0 Å². The highest BCUT2D eigenvalue weighted by Gasteiger charge is 2.31. The SMILES string of the molecule is C=C(C)C(=O)OCC[N+](C)(C)C(C)(C)C.C=CC(=O)O.[Cl-]. The monoisotopic (exact) mass is 321 g/mol. The molecule has 0 bridgehead atoms. The molecule has 0 aromatic heterocycles. The highest BCUT2D eigenvalue weighted by atomic mass is 35.5. The number of rotatable bonds is 5. The summed E-state index contributed by atoms with van der Waals surface area (Å²) in [4.78, 5) is 20.4. The molecule has 0 fully saturated rings. The van der Waals surface area contributed by atoms with Crippen LogP contribution in [0, 0.1) is 0 Å². The second kappa shape index (κ2) is 10.4. The fourth-order valence-electron chi connectivity index (χ4n) is 0.825. The van der Waals surface area contributed by atoms with Crippen molar-refractivity contribution < 1.29 is 36.3 Å². The molecule has 0 unspecified atom stereocenters. The molecule has 1 N–H and O–H groups in total. The molecule has 0 amide bonds. The highest BCUT2D eigenvalue weighted by Crippen LogP contribution is 2.18. The smallest absolute Gasteiger partial charge is 0.333 e. The van der Waals surface area contributed by atoms with Crippen molar-refractivity contribution in [1.82, 2.24) is 0 Å². The van der Waals surface area contributed by atoms with Crippen molar-refractivity contribution in [3.63, 3.8) is 0 Å². The summed E-state index contributed by atoms with van der Waals surface area (Å²) >= 11 is 0. The third-order valence-corrected chi connectivity index (χ3v) is 3.22. The quantitative estimate of drug-likeness (QED) is 0.411. The topological polar surface area (TPSA) is 63.6 Å². The van der Waals surface area contributed by atoms with Crippen molar-refractivity contribution in [3.05, 3.63) is 24.8 Å². The van der Waals surface area contributed by atoms with Gasteiger partial charge in [-0.2, -0.15) is 0 Å². The van der Waals surface area contributed by atoms with Gasteiger partial charge in [-0.1, -0.05) is 13.2 Å². The minimum atomic E-state index is -0.981. The number of aliphatic carboxylic acids is 1. The van der Waals surface area contributed by atoms with Crippen molar-refractivity contribution in [3.8, 4) is 0 Å². The molecule has 0 heterocycles. The van der Waals surface area contributed by atoms with E-state index in [4.69, 9.17) is 9.84 Å². The molecule has 0 saturated heterocycles. The molecular formula is C15H28ClNO4. The number of ether oxygens (including phenoxy) is 1. The molecular weight excluding hydrogens is 294 g/mol. The number of carboxylic acid groups (broad SMARTS) is 1. The molecule has 0 radical (unpaired) electrons. The first-order valence-corrected chi connectivity index (χ1v) is 6.36. The number of carboxylic acids is 1. The van der Waals surface area contributed by atoms with Gasteiger partial charge in [0, 0.05) is 11.6 Å². The Morgan fingerprint density at radius 3 is 1.90 bits per heavy atom. The van der Waals surface area contributed by atoms with Gasteiger partial charge in [0.25, 0.3) is 0 Å². The van der Waals surface area contributed by atoms with Crippen LogP contribution in [-0.4, -0.2) is 54.3 Å². The zero-order valence-corrected chi connectivity index (χ0v) is 14.7. The summed E-state index contributed by atoms with van der Waals surface area (Å²) < 4.78 is 5.90. The molecule has 21 heavy (non-hydrogen) atoms. The molecule has 0 aliphatic heterocycles. The molecule has 0 saturated carbocycles. The average molecular weight is 322 g/mol. The maximum Gasteiger partial charge on any atom is 0.333 e. The number of carbonyl (C=O) groups is 2. The Kier molecular flexibility index (Phi) is 12.2. The largest absolute Gasteiger partial charge is 1.00 e. The summed E-state index contributed by atoms with van der Waals surface area (Å²) in [5.74, 6) is -1.28. The van der Waals surface area contributed by atoms with Gasteiger partial charge in [0.15, 0.2) is 0 Å². The van der Waals surface area contributed by atoms with E-state index < -0.39 is 5.97 Å². The lowest BCUT2D eigenvalue weighted by atomic mass is 10.0. The Bertz CT molecular complexity index is 370. The normalized spacial score (nSPS) is 10.4. The molecule has 0 aromatic rings. The number of hydrogen-bond donors (Lipinski definition) is 1. The van der Waals surface area contributed by atoms with E-state index in [2.05, 4.69) is 48.0 Å². The molecule has 0 aliphatic carbocycles. The van der Waals surface area contributed by atoms with Crippen LogP contribution >= 0.6 is 0 Å². The van der Waals surface area contributed by atoms with Crippen LogP contribution in [0.2, 0.25) is 0 Å². The van der Waals surface area contributed by atoms with E-state index in [0.717, 1.165) is 17.1 Å². The van der Waals surface area contributed by atoms with Crippen LogP contribution in [0.1, 0.15) is 27.7 Å². The van der Waals surface area contributed by atoms with Crippen molar-refractivity contribution in [2.75, 3.05) is 27.2 Å². The maximum absolute atomic E-state index is 11.1. The van der Waals surface area contributed by atoms with E-state index in [9.17, 15) is 9.59 Å². The Balaban J connectivity index is -0.000000465. The Morgan fingerprint density at radius 1 is 1.29 bits per heavy atom. The maximum atomic E-state index is 11.1. The molecule has 6 heteroatoms. The van der Waals surface area contributed by atoms with E-state index in [1.807, 2.05) is 0 Å². The zero-order chi connectivity index (χ0) is 16.6. The van der Waals surface area contributed by atoms with Crippen LogP contribution in [0.25, 0.3) is 0 Å². The first-order chi connectivity index (χ1) is 8.85. The van der Waals surface area contributed by atoms with Gasteiger partial charge in [0.1, 0.15) is 13.2 Å². The van der Waals surface area contributed by atoms with Gasteiger partial charge in [-0.25, -0.2) is 9.59 Å². The predicted molar refractivity (Wildman–Crippen MR) is 80.3 cm³/mol. The van der Waals surface area contributed by atoms with Crippen LogP contribution < -0.4 is 12.4 Å². The Labute approximate surface area is 134 Å². The van der Waals surface area contributed by atoms with E-state index in [1.54, 1.807) is 6.92 Å². The van der Waals surface area contributed by atoms with Crippen LogP contribution in [0.4, 0.5) is 0 Å². The summed E-state index contributed by atoms with van der Waals surface area (Å²) in [5, 5.41) is 7.60. The van der Waals surface area contributed by atoms with Crippen LogP contribution in [-0.2, 0) is 14.3 Å². The summed E-state index contributed by atoms with van der Waals surface area (Å²) in [5.41, 5.74) is 0.603. The second-order valence-electron chi connectivity index (χ2n) is 6.04. The lowest BCUT2D eigenvalue weighted by Crippen LogP contribution is -3.00. The molecule has 0 spiro atoms. The first-order valence-electron chi connectivity index (χ1n) is 6.36. The van der Waals surface area contributed by atoms with Crippen LogP contribution in [0.5, 0.6) is 0 Å². The third-order valence-electron chi connectivity index (χ3n) is 3.22. The number of halogens is 1. The van der Waals surface area contributed by atoms with Gasteiger partial charge in [-0.3, -0.25) is 0 Å². The highest BCUT2D eigenvalue weighted by molar-refractivity contribution is 5.86. The Morgan fingerprint density at radius 2 is 1.67 bits per heavy atom. The standard InChI is InChI=1S/C12H24NO2.C3H4O2.ClH/c1-10(2)11(14)15-9-8-13(6,7)12(3,4)5;1-2-3(4)5;/h1,8-9H2,2-7H3;2H,1H2,(H,4,5);1H/q+1;;/p-1. The molecule has 0 aliphatic rings. The van der Waals surface area contributed by atoms with Gasteiger partial charge >= 0.3 is 11.9 Å². The van der Waals surface area contributed by atoms with Crippen molar-refractivity contribution in [2.45, 2.75) is 33.2 Å². The number of carbonyl (C=O) groups excluding carboxylic acids is 1. The number of likely N-dealkylation sites (N-methyl/N-ethyl adjacent to an activating group) is 1. The summed E-state index contributed by atoms with van der Waals surface area (Å²) in [6.45, 7) is 15.9. The van der Waals surface area contributed by atoms with Gasteiger partial charge in [0.05, 0.1) is 19.6 Å². The van der Waals surface area contributed by atoms with E-state index >= 15 is 0 Å². The Hall–Kier alpha value is -1.33. The van der Waals surface area contributed by atoms with E-state index in [0.29, 0.717) is 12.2 Å². The number of nitrogens with zero attached hydrogens (tertiary/aromatic N) is 1. The van der Waals surface area contributed by atoms with Crippen molar-refractivity contribution in [2.24, 2.45) is 0 Å². The fourth-order valence-corrected chi connectivity index (χ4v) is 0.825. The minimum absolute atomic E-state index is 0. The molecule has 124 valence electrons. The zero-order valence-electron chi connectivity index (χ0n) is 13.9. The van der Waals surface area contributed by atoms with E-state index in [1.165, 1.54) is 0 Å². The molecule has 0 atom stereocenters. The van der Waals surface area contributed by atoms with Crippen LogP contribution in [0.3, 0.4) is 0 Å². The molecule has 0 aromatic carbocycles. The lowest BCUT2D eigenvalue weighted by molar-refractivity contribution is -0.935. The lowest BCUT2D eigenvalue weighted by Gasteiger charge is -2.42. The summed E-state index contributed by atoms with van der Waals surface area (Å²) in [6.07, 6.45) is 0.833. The number of esters is 1. The fraction of sp³-hybridized carbons (Fsp3) is 0.600. The summed E-state index contributed by atoms with van der Waals surface area (Å²) in [6, 6.07) is 0. The second-order valence-corrected chi connectivity index (χ2v) is 6.04. The number of quaternary nitrogens is 1.